The van der Waals surface area contributed by atoms with E-state index in [2.05, 4.69) is 10.4 Å². The highest BCUT2D eigenvalue weighted by atomic mass is 19.1. The van der Waals surface area contributed by atoms with Gasteiger partial charge >= 0.3 is 0 Å². The fraction of sp³-hybridized carbons (Fsp3) is 0.0588. The lowest BCUT2D eigenvalue weighted by Crippen LogP contribution is -2.00. The molecule has 110 valence electrons. The monoisotopic (exact) mass is 295 g/mol. The number of anilines is 1. The van der Waals surface area contributed by atoms with E-state index in [1.54, 1.807) is 22.9 Å². The second kappa shape index (κ2) is 5.81. The summed E-state index contributed by atoms with van der Waals surface area (Å²) in [6.07, 6.45) is 0.580. The quantitative estimate of drug-likeness (QED) is 0.748. The van der Waals surface area contributed by atoms with Gasteiger partial charge in [-0.3, -0.25) is 4.79 Å². The number of rotatable bonds is 4. The average Bonchev–Trinajstić information content (AvgIpc) is 2.93. The third-order valence-electron chi connectivity index (χ3n) is 3.33. The number of carbonyl (C=O) groups is 1. The molecule has 1 heterocycles. The zero-order valence-electron chi connectivity index (χ0n) is 12.0. The van der Waals surface area contributed by atoms with E-state index in [0.29, 0.717) is 12.2 Å². The summed E-state index contributed by atoms with van der Waals surface area (Å²) in [5.74, 6) is 0.133. The summed E-state index contributed by atoms with van der Waals surface area (Å²) >= 11 is 0. The Bertz CT molecular complexity index is 729. The summed E-state index contributed by atoms with van der Waals surface area (Å²) < 4.78 is 14.8. The number of halogens is 1. The molecule has 1 N–H and O–H groups in total. The number of amides is 1. The number of benzene rings is 2. The van der Waals surface area contributed by atoms with Crippen LogP contribution in [0.3, 0.4) is 0 Å². The Labute approximate surface area is 127 Å². The lowest BCUT2D eigenvalue weighted by Gasteiger charge is -2.07. The Morgan fingerprint density at radius 3 is 2.41 bits per heavy atom. The molecule has 0 bridgehead atoms. The molecule has 0 saturated carbocycles. The van der Waals surface area contributed by atoms with Gasteiger partial charge in [0.1, 0.15) is 5.82 Å². The number of aryl methyl sites for hydroxylation is 1. The normalized spacial score (nSPS) is 10.5. The second-order valence-corrected chi connectivity index (χ2v) is 4.93. The van der Waals surface area contributed by atoms with Crippen LogP contribution < -0.4 is 5.32 Å². The number of hydrogen-bond acceptors (Lipinski definition) is 2. The van der Waals surface area contributed by atoms with Gasteiger partial charge in [0, 0.05) is 11.6 Å². The largest absolute Gasteiger partial charge is 0.312 e. The van der Waals surface area contributed by atoms with Gasteiger partial charge in [-0.2, -0.15) is 0 Å². The SMILES string of the molecule is Cc1ccc(-c2cc(NC=O)nn2-c2ccc(F)cc2)cc1. The van der Waals surface area contributed by atoms with Crippen molar-refractivity contribution in [3.05, 3.63) is 66.0 Å². The topological polar surface area (TPSA) is 46.9 Å². The lowest BCUT2D eigenvalue weighted by atomic mass is 10.1. The van der Waals surface area contributed by atoms with Gasteiger partial charge in [0.05, 0.1) is 11.4 Å². The maximum absolute atomic E-state index is 13.1. The zero-order chi connectivity index (χ0) is 15.5. The molecular formula is C17H14FN3O. The predicted octanol–water partition coefficient (Wildman–Crippen LogP) is 3.56. The first-order valence-electron chi connectivity index (χ1n) is 6.80. The number of nitrogens with one attached hydrogen (secondary N) is 1. The van der Waals surface area contributed by atoms with Crippen molar-refractivity contribution in [2.45, 2.75) is 6.92 Å². The van der Waals surface area contributed by atoms with E-state index in [0.717, 1.165) is 22.5 Å². The molecule has 0 aliphatic carbocycles. The Morgan fingerprint density at radius 2 is 1.77 bits per heavy atom. The van der Waals surface area contributed by atoms with Gasteiger partial charge in [-0.05, 0) is 31.2 Å². The second-order valence-electron chi connectivity index (χ2n) is 4.93. The van der Waals surface area contributed by atoms with Crippen LogP contribution >= 0.6 is 0 Å². The van der Waals surface area contributed by atoms with Crippen molar-refractivity contribution in [2.75, 3.05) is 5.32 Å². The summed E-state index contributed by atoms with van der Waals surface area (Å²) in [5.41, 5.74) is 3.65. The van der Waals surface area contributed by atoms with Gasteiger partial charge in [0.25, 0.3) is 0 Å². The minimum Gasteiger partial charge on any atom is -0.312 e. The fourth-order valence-electron chi connectivity index (χ4n) is 2.22. The first-order valence-corrected chi connectivity index (χ1v) is 6.80. The van der Waals surface area contributed by atoms with Crippen LogP contribution in [-0.4, -0.2) is 16.2 Å². The molecule has 4 nitrogen and oxygen atoms in total. The van der Waals surface area contributed by atoms with Crippen LogP contribution in [0.25, 0.3) is 16.9 Å². The molecule has 5 heteroatoms. The highest BCUT2D eigenvalue weighted by molar-refractivity contribution is 5.73. The Hall–Kier alpha value is -2.95. The van der Waals surface area contributed by atoms with Crippen LogP contribution in [0.5, 0.6) is 0 Å². The van der Waals surface area contributed by atoms with Crippen LogP contribution in [0, 0.1) is 12.7 Å². The van der Waals surface area contributed by atoms with Gasteiger partial charge < -0.3 is 5.32 Å². The van der Waals surface area contributed by atoms with E-state index in [4.69, 9.17) is 0 Å². The Morgan fingerprint density at radius 1 is 1.09 bits per heavy atom. The van der Waals surface area contributed by atoms with Crippen LogP contribution in [-0.2, 0) is 4.79 Å². The van der Waals surface area contributed by atoms with Crippen LogP contribution in [0.2, 0.25) is 0 Å². The van der Waals surface area contributed by atoms with Gasteiger partial charge in [-0.15, -0.1) is 5.10 Å². The van der Waals surface area contributed by atoms with Crippen molar-refractivity contribution in [1.82, 2.24) is 9.78 Å². The van der Waals surface area contributed by atoms with Crippen molar-refractivity contribution < 1.29 is 9.18 Å². The predicted molar refractivity (Wildman–Crippen MR) is 83.4 cm³/mol. The van der Waals surface area contributed by atoms with E-state index in [-0.39, 0.29) is 5.82 Å². The van der Waals surface area contributed by atoms with Gasteiger partial charge in [-0.1, -0.05) is 29.8 Å². The minimum atomic E-state index is -0.306. The molecule has 0 spiro atoms. The molecule has 0 unspecified atom stereocenters. The van der Waals surface area contributed by atoms with E-state index in [1.807, 2.05) is 31.2 Å². The smallest absolute Gasteiger partial charge is 0.212 e. The molecular weight excluding hydrogens is 281 g/mol. The first-order chi connectivity index (χ1) is 10.7. The maximum Gasteiger partial charge on any atom is 0.212 e. The van der Waals surface area contributed by atoms with Gasteiger partial charge in [0.2, 0.25) is 6.41 Å². The van der Waals surface area contributed by atoms with Crippen molar-refractivity contribution >= 4 is 12.2 Å². The van der Waals surface area contributed by atoms with Crippen LogP contribution in [0.4, 0.5) is 10.2 Å². The molecule has 0 radical (unpaired) electrons. The van der Waals surface area contributed by atoms with E-state index < -0.39 is 0 Å². The molecule has 22 heavy (non-hydrogen) atoms. The summed E-state index contributed by atoms with van der Waals surface area (Å²) in [4.78, 5) is 10.6. The summed E-state index contributed by atoms with van der Waals surface area (Å²) in [7, 11) is 0. The van der Waals surface area contributed by atoms with Crippen molar-refractivity contribution in [3.63, 3.8) is 0 Å². The van der Waals surface area contributed by atoms with Gasteiger partial charge in [-0.25, -0.2) is 9.07 Å². The van der Waals surface area contributed by atoms with E-state index >= 15 is 0 Å². The number of nitrogens with zero attached hydrogens (tertiary/aromatic N) is 2. The van der Waals surface area contributed by atoms with Crippen LogP contribution in [0.15, 0.2) is 54.6 Å². The van der Waals surface area contributed by atoms with Gasteiger partial charge in [0.15, 0.2) is 5.82 Å². The number of carbonyl (C=O) groups excluding carboxylic acids is 1. The van der Waals surface area contributed by atoms with E-state index in [1.165, 1.54) is 12.1 Å². The number of aromatic nitrogens is 2. The molecule has 0 aliphatic heterocycles. The molecule has 2 aromatic carbocycles. The fourth-order valence-corrected chi connectivity index (χ4v) is 2.22. The zero-order valence-corrected chi connectivity index (χ0v) is 12.0. The molecule has 0 atom stereocenters. The third-order valence-corrected chi connectivity index (χ3v) is 3.33. The average molecular weight is 295 g/mol. The van der Waals surface area contributed by atoms with Crippen molar-refractivity contribution in [3.8, 4) is 16.9 Å². The van der Waals surface area contributed by atoms with Crippen molar-refractivity contribution in [2.24, 2.45) is 0 Å². The first kappa shape index (κ1) is 14.0. The molecule has 3 aromatic rings. The standard InChI is InChI=1S/C17H14FN3O/c1-12-2-4-13(5-3-12)16-10-17(19-11-22)20-21(16)15-8-6-14(18)7-9-15/h2-11H,1H3,(H,19,20,22). The molecule has 0 aliphatic rings. The summed E-state index contributed by atoms with van der Waals surface area (Å²) in [5, 5.41) is 6.89. The summed E-state index contributed by atoms with van der Waals surface area (Å²) in [6.45, 7) is 2.01. The maximum atomic E-state index is 13.1. The highest BCUT2D eigenvalue weighted by Gasteiger charge is 2.11. The Kier molecular flexibility index (Phi) is 3.70. The lowest BCUT2D eigenvalue weighted by molar-refractivity contribution is -0.105. The minimum absolute atomic E-state index is 0.306. The summed E-state index contributed by atoms with van der Waals surface area (Å²) in [6, 6.07) is 15.8. The van der Waals surface area contributed by atoms with Crippen LogP contribution in [0.1, 0.15) is 5.56 Å². The van der Waals surface area contributed by atoms with E-state index in [9.17, 15) is 9.18 Å². The molecule has 3 rings (SSSR count). The Balaban J connectivity index is 2.13. The third kappa shape index (κ3) is 2.74. The molecule has 1 amide bonds. The number of hydrogen-bond donors (Lipinski definition) is 1. The molecule has 0 fully saturated rings. The highest BCUT2D eigenvalue weighted by Crippen LogP contribution is 2.26. The van der Waals surface area contributed by atoms with Crippen molar-refractivity contribution in [1.29, 1.82) is 0 Å². The molecule has 1 aromatic heterocycles. The molecule has 0 saturated heterocycles.